The molecule has 2 aliphatic rings. The van der Waals surface area contributed by atoms with E-state index >= 15 is 0 Å². The van der Waals surface area contributed by atoms with E-state index in [9.17, 15) is 26.4 Å². The number of benzene rings is 1. The lowest BCUT2D eigenvalue weighted by atomic mass is 9.62. The van der Waals surface area contributed by atoms with Crippen LogP contribution in [0, 0.1) is 5.41 Å². The van der Waals surface area contributed by atoms with E-state index in [1.165, 1.54) is 41.3 Å². The molecule has 1 aliphatic carbocycles. The van der Waals surface area contributed by atoms with Crippen LogP contribution in [0.15, 0.2) is 47.8 Å². The van der Waals surface area contributed by atoms with E-state index in [1.54, 1.807) is 7.05 Å². The number of rotatable bonds is 6. The molecular formula is C26H31F3N6O3S. The summed E-state index contributed by atoms with van der Waals surface area (Å²) in [5.41, 5.74) is -0.941. The quantitative estimate of drug-likeness (QED) is 0.456. The summed E-state index contributed by atoms with van der Waals surface area (Å²) in [5, 5.41) is 6.22. The van der Waals surface area contributed by atoms with Crippen LogP contribution in [0.1, 0.15) is 46.5 Å². The molecule has 2 aromatic heterocycles. The highest BCUT2D eigenvalue weighted by molar-refractivity contribution is 7.92. The van der Waals surface area contributed by atoms with Crippen molar-refractivity contribution in [3.63, 3.8) is 0 Å². The van der Waals surface area contributed by atoms with Crippen LogP contribution in [0.25, 0.3) is 11.3 Å². The van der Waals surface area contributed by atoms with E-state index in [-0.39, 0.29) is 40.9 Å². The van der Waals surface area contributed by atoms with Crippen LogP contribution in [0.3, 0.4) is 0 Å². The van der Waals surface area contributed by atoms with E-state index < -0.39 is 26.8 Å². The lowest BCUT2D eigenvalue weighted by molar-refractivity contribution is -0.143. The van der Waals surface area contributed by atoms with Gasteiger partial charge in [-0.1, -0.05) is 0 Å². The number of halogens is 3. The van der Waals surface area contributed by atoms with Crippen molar-refractivity contribution in [2.24, 2.45) is 12.5 Å². The summed E-state index contributed by atoms with van der Waals surface area (Å²) < 4.78 is 68.5. The number of amides is 1. The van der Waals surface area contributed by atoms with Gasteiger partial charge in [-0.3, -0.25) is 9.48 Å². The molecular weight excluding hydrogens is 533 g/mol. The van der Waals surface area contributed by atoms with Crippen LogP contribution in [0.2, 0.25) is 0 Å². The number of hydrogen-bond acceptors (Lipinski definition) is 7. The molecule has 1 saturated heterocycles. The predicted molar refractivity (Wildman–Crippen MR) is 140 cm³/mol. The number of likely N-dealkylation sites (tertiary alicyclic amines) is 1. The third-order valence-corrected chi connectivity index (χ3v) is 9.76. The Morgan fingerprint density at radius 2 is 1.85 bits per heavy atom. The molecule has 5 rings (SSSR count). The topological polar surface area (TPSA) is 110 Å². The molecule has 210 valence electrons. The minimum atomic E-state index is -4.65. The molecule has 3 aromatic rings. The first-order valence-corrected chi connectivity index (χ1v) is 14.2. The number of alkyl halides is 3. The maximum absolute atomic E-state index is 13.5. The van der Waals surface area contributed by atoms with Crippen LogP contribution in [-0.2, 0) is 27.9 Å². The summed E-state index contributed by atoms with van der Waals surface area (Å²) in [6, 6.07) is 6.10. The van der Waals surface area contributed by atoms with Crippen LogP contribution in [0.4, 0.5) is 24.8 Å². The molecule has 0 radical (unpaired) electrons. The Morgan fingerprint density at radius 3 is 2.41 bits per heavy atom. The zero-order chi connectivity index (χ0) is 28.2. The Kier molecular flexibility index (Phi) is 6.68. The van der Waals surface area contributed by atoms with Gasteiger partial charge in [0.25, 0.3) is 0 Å². The van der Waals surface area contributed by atoms with Crippen LogP contribution in [0.5, 0.6) is 0 Å². The molecule has 0 atom stereocenters. The van der Waals surface area contributed by atoms with E-state index in [0.717, 1.165) is 6.42 Å². The lowest BCUT2D eigenvalue weighted by Gasteiger charge is -2.51. The minimum Gasteiger partial charge on any atom is -0.340 e. The lowest BCUT2D eigenvalue weighted by Crippen LogP contribution is -2.54. The second kappa shape index (κ2) is 9.61. The number of anilines is 2. The molecule has 0 bridgehead atoms. The summed E-state index contributed by atoms with van der Waals surface area (Å²) in [7, 11) is -2.01. The van der Waals surface area contributed by atoms with Crippen molar-refractivity contribution >= 4 is 27.4 Å². The van der Waals surface area contributed by atoms with Crippen LogP contribution in [-0.4, -0.2) is 56.8 Å². The molecule has 1 aliphatic heterocycles. The highest BCUT2D eigenvalue weighted by Crippen LogP contribution is 2.53. The van der Waals surface area contributed by atoms with E-state index in [4.69, 9.17) is 0 Å². The third-order valence-electron chi connectivity index (χ3n) is 7.62. The molecule has 1 aromatic carbocycles. The maximum Gasteiger partial charge on any atom is 0.419 e. The standard InChI is InChI=1S/C26H29F3N6O3S.H2/c1-16(2)35-9-8-25(12-22(35)36)10-20(11-25)39(37,38)19-6-4-18(5-7-19)32-24-30-14-21(26(27,28)29)23(33-24)17-13-31-34(3)15-17;/h4-7,13-16,20H,8-12H2,1-3H3,(H,30,32,33);1H. The molecule has 39 heavy (non-hydrogen) atoms. The van der Waals surface area contributed by atoms with Gasteiger partial charge in [-0.2, -0.15) is 18.3 Å². The second-order valence-corrected chi connectivity index (χ2v) is 12.9. The van der Waals surface area contributed by atoms with Gasteiger partial charge in [0.05, 0.1) is 22.0 Å². The number of piperidine rings is 1. The molecule has 1 saturated carbocycles. The fourth-order valence-corrected chi connectivity index (χ4v) is 7.52. The normalized spacial score (nSPS) is 21.9. The molecule has 9 nitrogen and oxygen atoms in total. The van der Waals surface area contributed by atoms with Crippen LogP contribution >= 0.6 is 0 Å². The molecule has 1 N–H and O–H groups in total. The Morgan fingerprint density at radius 1 is 1.15 bits per heavy atom. The van der Waals surface area contributed by atoms with Crippen molar-refractivity contribution in [3.8, 4) is 11.3 Å². The highest BCUT2D eigenvalue weighted by atomic mass is 32.2. The summed E-state index contributed by atoms with van der Waals surface area (Å²) >= 11 is 0. The smallest absolute Gasteiger partial charge is 0.340 e. The van der Waals surface area contributed by atoms with Gasteiger partial charge in [0.15, 0.2) is 9.84 Å². The van der Waals surface area contributed by atoms with E-state index in [0.29, 0.717) is 37.7 Å². The third kappa shape index (κ3) is 5.23. The van der Waals surface area contributed by atoms with Gasteiger partial charge >= 0.3 is 6.18 Å². The van der Waals surface area contributed by atoms with Gasteiger partial charge in [-0.25, -0.2) is 18.4 Å². The number of nitrogens with one attached hydrogen (secondary N) is 1. The summed E-state index contributed by atoms with van der Waals surface area (Å²) in [6.45, 7) is 4.61. The molecule has 1 spiro atoms. The second-order valence-electron chi connectivity index (χ2n) is 10.7. The first-order chi connectivity index (χ1) is 18.3. The van der Waals surface area contributed by atoms with Crippen molar-refractivity contribution in [1.82, 2.24) is 24.6 Å². The maximum atomic E-state index is 13.5. The van der Waals surface area contributed by atoms with Gasteiger partial charge in [-0.05, 0) is 62.8 Å². The van der Waals surface area contributed by atoms with Gasteiger partial charge in [0.2, 0.25) is 11.9 Å². The number of aromatic nitrogens is 4. The van der Waals surface area contributed by atoms with Crippen molar-refractivity contribution < 1.29 is 27.8 Å². The number of carbonyl (C=O) groups excluding carboxylic acids is 1. The Balaban J connectivity index is 0.00000370. The van der Waals surface area contributed by atoms with Gasteiger partial charge < -0.3 is 10.2 Å². The molecule has 0 unspecified atom stereocenters. The van der Waals surface area contributed by atoms with E-state index in [2.05, 4.69) is 20.4 Å². The number of aryl methyl sites for hydroxylation is 1. The monoisotopic (exact) mass is 564 g/mol. The summed E-state index contributed by atoms with van der Waals surface area (Å²) in [6.07, 6.45) is 0.878. The van der Waals surface area contributed by atoms with Gasteiger partial charge in [0, 0.05) is 51.1 Å². The molecule has 2 fully saturated rings. The molecule has 13 heteroatoms. The van der Waals surface area contributed by atoms with Crippen LogP contribution < -0.4 is 5.32 Å². The van der Waals surface area contributed by atoms with Crippen molar-refractivity contribution in [2.45, 2.75) is 61.9 Å². The molecule has 3 heterocycles. The fourth-order valence-electron chi connectivity index (χ4n) is 5.48. The first kappa shape index (κ1) is 27.1. The Labute approximate surface area is 225 Å². The number of nitrogens with zero attached hydrogens (tertiary/aromatic N) is 5. The van der Waals surface area contributed by atoms with Crippen molar-refractivity contribution in [1.29, 1.82) is 0 Å². The molecule has 1 amide bonds. The fraction of sp³-hybridized carbons (Fsp3) is 0.462. The minimum absolute atomic E-state index is 0. The largest absolute Gasteiger partial charge is 0.419 e. The van der Waals surface area contributed by atoms with Crippen molar-refractivity contribution in [3.05, 3.63) is 48.4 Å². The highest BCUT2D eigenvalue weighted by Gasteiger charge is 2.53. The van der Waals surface area contributed by atoms with Crippen molar-refractivity contribution in [2.75, 3.05) is 11.9 Å². The average molecular weight is 565 g/mol. The Bertz CT molecular complexity index is 1500. The number of hydrogen-bond donors (Lipinski definition) is 1. The Hall–Kier alpha value is -3.48. The zero-order valence-electron chi connectivity index (χ0n) is 21.7. The SMILES string of the molecule is CC(C)N1CCC2(CC1=O)CC(S(=O)(=O)c1ccc(Nc3ncc(C(F)(F)F)c(-c4cnn(C)c4)n3)cc1)C2.[HH]. The number of sulfone groups is 1. The predicted octanol–water partition coefficient (Wildman–Crippen LogP) is 4.84. The first-order valence-electron chi connectivity index (χ1n) is 12.6. The summed E-state index contributed by atoms with van der Waals surface area (Å²) in [4.78, 5) is 22.4. The average Bonchev–Trinajstić information content (AvgIpc) is 3.28. The van der Waals surface area contributed by atoms with Gasteiger partial charge in [0.1, 0.15) is 5.56 Å². The summed E-state index contributed by atoms with van der Waals surface area (Å²) in [5.74, 6) is 0.00972. The zero-order valence-corrected chi connectivity index (χ0v) is 22.6. The number of carbonyl (C=O) groups is 1. The van der Waals surface area contributed by atoms with Gasteiger partial charge in [-0.15, -0.1) is 0 Å². The van der Waals surface area contributed by atoms with E-state index in [1.807, 2.05) is 18.7 Å².